The number of carbonyl (C=O) groups excluding carboxylic acids is 1. The topological polar surface area (TPSA) is 47.2 Å². The number of hydrogen-bond acceptors (Lipinski definition) is 2. The number of nitrogens with one attached hydrogen (secondary N) is 1. The average Bonchev–Trinajstić information content (AvgIpc) is 3.28. The fourth-order valence-electron chi connectivity index (χ4n) is 3.27. The van der Waals surface area contributed by atoms with E-state index >= 15 is 0 Å². The van der Waals surface area contributed by atoms with Gasteiger partial charge in [-0.2, -0.15) is 0 Å². The summed E-state index contributed by atoms with van der Waals surface area (Å²) in [6, 6.07) is 16.7. The van der Waals surface area contributed by atoms with Gasteiger partial charge >= 0.3 is 0 Å². The summed E-state index contributed by atoms with van der Waals surface area (Å²) in [5.74, 6) is -2.16. The van der Waals surface area contributed by atoms with Crippen molar-refractivity contribution in [2.75, 3.05) is 0 Å². The molecule has 4 aromatic rings. The Morgan fingerprint density at radius 3 is 2.68 bits per heavy atom. The van der Waals surface area contributed by atoms with Gasteiger partial charge in [0.15, 0.2) is 17.2 Å². The summed E-state index contributed by atoms with van der Waals surface area (Å²) in [5, 5.41) is 2.95. The van der Waals surface area contributed by atoms with E-state index in [0.29, 0.717) is 16.8 Å². The number of hydrogen-bond donors (Lipinski definition) is 1. The molecule has 142 valence electrons. The number of benzene rings is 2. The number of amides is 1. The van der Waals surface area contributed by atoms with Crippen molar-refractivity contribution in [3.05, 3.63) is 95.4 Å². The van der Waals surface area contributed by atoms with Crippen molar-refractivity contribution < 1.29 is 18.0 Å². The van der Waals surface area contributed by atoms with Crippen molar-refractivity contribution in [2.45, 2.75) is 19.5 Å². The van der Waals surface area contributed by atoms with Crippen LogP contribution in [-0.2, 0) is 6.54 Å². The standard InChI is InChI=1S/C22H18F2N2O2/c1-14(15-6-3-2-4-7-15)25-22(27)19-12-20-18(10-11-28-20)26(19)13-16-8-5-9-17(23)21(16)24/h2-12,14H,13H2,1H3,(H,25,27)/t14-/m1/s1. The largest absolute Gasteiger partial charge is 0.463 e. The van der Waals surface area contributed by atoms with Crippen molar-refractivity contribution in [1.29, 1.82) is 0 Å². The van der Waals surface area contributed by atoms with Crippen molar-refractivity contribution >= 4 is 17.0 Å². The molecule has 4 rings (SSSR count). The van der Waals surface area contributed by atoms with Crippen molar-refractivity contribution in [3.63, 3.8) is 0 Å². The molecule has 2 aromatic carbocycles. The molecule has 0 bridgehead atoms. The number of fused-ring (bicyclic) bond motifs is 1. The molecular formula is C22H18F2N2O2. The molecule has 1 atom stereocenters. The fourth-order valence-corrected chi connectivity index (χ4v) is 3.27. The second kappa shape index (κ2) is 7.31. The molecule has 0 fully saturated rings. The Balaban J connectivity index is 1.67. The van der Waals surface area contributed by atoms with Crippen LogP contribution in [0.2, 0.25) is 0 Å². The van der Waals surface area contributed by atoms with Gasteiger partial charge < -0.3 is 14.3 Å². The highest BCUT2D eigenvalue weighted by molar-refractivity contribution is 5.97. The summed E-state index contributed by atoms with van der Waals surface area (Å²) in [7, 11) is 0. The lowest BCUT2D eigenvalue weighted by Crippen LogP contribution is -2.28. The number of nitrogens with zero attached hydrogens (tertiary/aromatic N) is 1. The molecule has 2 aromatic heterocycles. The third-order valence-electron chi connectivity index (χ3n) is 4.76. The van der Waals surface area contributed by atoms with Crippen LogP contribution in [0.4, 0.5) is 8.78 Å². The van der Waals surface area contributed by atoms with E-state index in [1.165, 1.54) is 18.4 Å². The third kappa shape index (κ3) is 3.29. The zero-order valence-corrected chi connectivity index (χ0v) is 15.2. The maximum absolute atomic E-state index is 14.2. The summed E-state index contributed by atoms with van der Waals surface area (Å²) in [6.45, 7) is 1.89. The molecule has 0 aliphatic heterocycles. The first-order chi connectivity index (χ1) is 13.5. The maximum atomic E-state index is 14.2. The lowest BCUT2D eigenvalue weighted by Gasteiger charge is -2.16. The maximum Gasteiger partial charge on any atom is 0.268 e. The van der Waals surface area contributed by atoms with Gasteiger partial charge in [0.25, 0.3) is 5.91 Å². The summed E-state index contributed by atoms with van der Waals surface area (Å²) in [5.41, 5.74) is 2.59. The lowest BCUT2D eigenvalue weighted by molar-refractivity contribution is 0.0931. The van der Waals surface area contributed by atoms with Crippen molar-refractivity contribution in [2.24, 2.45) is 0 Å². The van der Waals surface area contributed by atoms with E-state index in [-0.39, 0.29) is 24.1 Å². The fraction of sp³-hybridized carbons (Fsp3) is 0.136. The summed E-state index contributed by atoms with van der Waals surface area (Å²) in [6.07, 6.45) is 1.50. The summed E-state index contributed by atoms with van der Waals surface area (Å²) in [4.78, 5) is 12.9. The summed E-state index contributed by atoms with van der Waals surface area (Å²) < 4.78 is 34.8. The van der Waals surface area contributed by atoms with Gasteiger partial charge in [0.1, 0.15) is 5.69 Å². The smallest absolute Gasteiger partial charge is 0.268 e. The van der Waals surface area contributed by atoms with Gasteiger partial charge in [-0.15, -0.1) is 0 Å². The Morgan fingerprint density at radius 2 is 1.89 bits per heavy atom. The zero-order valence-electron chi connectivity index (χ0n) is 15.2. The number of aromatic nitrogens is 1. The van der Waals surface area contributed by atoms with Gasteiger partial charge in [0.2, 0.25) is 0 Å². The normalized spacial score (nSPS) is 12.2. The highest BCUT2D eigenvalue weighted by Crippen LogP contribution is 2.24. The van der Waals surface area contributed by atoms with E-state index in [1.807, 2.05) is 37.3 Å². The zero-order chi connectivity index (χ0) is 19.7. The quantitative estimate of drug-likeness (QED) is 0.527. The van der Waals surface area contributed by atoms with Crippen LogP contribution in [0.5, 0.6) is 0 Å². The van der Waals surface area contributed by atoms with E-state index in [1.54, 1.807) is 16.7 Å². The Morgan fingerprint density at radius 1 is 1.11 bits per heavy atom. The molecule has 28 heavy (non-hydrogen) atoms. The average molecular weight is 380 g/mol. The Kier molecular flexibility index (Phi) is 4.69. The molecule has 1 amide bonds. The highest BCUT2D eigenvalue weighted by atomic mass is 19.2. The SMILES string of the molecule is C[C@@H](NC(=O)c1cc2occc2n1Cc1cccc(F)c1F)c1ccccc1. The van der Waals surface area contributed by atoms with Crippen LogP contribution in [-0.4, -0.2) is 10.5 Å². The van der Waals surface area contributed by atoms with Crippen LogP contribution in [0.15, 0.2) is 71.3 Å². The van der Waals surface area contributed by atoms with Crippen LogP contribution >= 0.6 is 0 Å². The minimum absolute atomic E-state index is 0.00903. The molecular weight excluding hydrogens is 362 g/mol. The predicted molar refractivity (Wildman–Crippen MR) is 102 cm³/mol. The minimum Gasteiger partial charge on any atom is -0.463 e. The molecule has 0 aliphatic carbocycles. The van der Waals surface area contributed by atoms with Crippen LogP contribution in [0, 0.1) is 11.6 Å². The highest BCUT2D eigenvalue weighted by Gasteiger charge is 2.21. The predicted octanol–water partition coefficient (Wildman–Crippen LogP) is 5.05. The number of rotatable bonds is 5. The van der Waals surface area contributed by atoms with E-state index < -0.39 is 11.6 Å². The molecule has 0 unspecified atom stereocenters. The number of carbonyl (C=O) groups is 1. The second-order valence-corrected chi connectivity index (χ2v) is 6.60. The first-order valence-electron chi connectivity index (χ1n) is 8.90. The molecule has 0 saturated carbocycles. The summed E-state index contributed by atoms with van der Waals surface area (Å²) >= 11 is 0. The molecule has 2 heterocycles. The second-order valence-electron chi connectivity index (χ2n) is 6.60. The first-order valence-corrected chi connectivity index (χ1v) is 8.90. The van der Waals surface area contributed by atoms with Crippen LogP contribution < -0.4 is 5.32 Å². The van der Waals surface area contributed by atoms with Crippen LogP contribution in [0.1, 0.15) is 34.6 Å². The monoisotopic (exact) mass is 380 g/mol. The Bertz CT molecular complexity index is 1130. The number of halogens is 2. The van der Waals surface area contributed by atoms with Gasteiger partial charge in [-0.3, -0.25) is 4.79 Å². The van der Waals surface area contributed by atoms with E-state index in [2.05, 4.69) is 5.32 Å². The van der Waals surface area contributed by atoms with Gasteiger partial charge in [-0.25, -0.2) is 8.78 Å². The number of furan rings is 1. The first kappa shape index (κ1) is 18.0. The molecule has 0 spiro atoms. The lowest BCUT2D eigenvalue weighted by atomic mass is 10.1. The molecule has 0 radical (unpaired) electrons. The van der Waals surface area contributed by atoms with E-state index in [9.17, 15) is 13.6 Å². The van der Waals surface area contributed by atoms with Gasteiger partial charge in [0, 0.05) is 17.7 Å². The van der Waals surface area contributed by atoms with Gasteiger partial charge in [0.05, 0.1) is 24.4 Å². The van der Waals surface area contributed by atoms with Gasteiger partial charge in [-0.05, 0) is 18.6 Å². The molecule has 4 nitrogen and oxygen atoms in total. The van der Waals surface area contributed by atoms with Crippen molar-refractivity contribution in [3.8, 4) is 0 Å². The molecule has 6 heteroatoms. The van der Waals surface area contributed by atoms with Crippen LogP contribution in [0.3, 0.4) is 0 Å². The van der Waals surface area contributed by atoms with E-state index in [0.717, 1.165) is 11.6 Å². The minimum atomic E-state index is -0.920. The molecule has 0 saturated heterocycles. The van der Waals surface area contributed by atoms with Crippen molar-refractivity contribution in [1.82, 2.24) is 9.88 Å². The van der Waals surface area contributed by atoms with Crippen LogP contribution in [0.25, 0.3) is 11.1 Å². The van der Waals surface area contributed by atoms with Gasteiger partial charge in [-0.1, -0.05) is 42.5 Å². The molecule has 1 N–H and O–H groups in total. The molecule has 0 aliphatic rings. The third-order valence-corrected chi connectivity index (χ3v) is 4.76. The Labute approximate surface area is 160 Å². The van der Waals surface area contributed by atoms with E-state index in [4.69, 9.17) is 4.42 Å². The Hall–Kier alpha value is -3.41.